The molecule has 0 fully saturated rings. The van der Waals surface area contributed by atoms with Crippen molar-refractivity contribution < 1.29 is 19.1 Å². The third-order valence-corrected chi connectivity index (χ3v) is 3.11. The van der Waals surface area contributed by atoms with Crippen LogP contribution in [0.25, 0.3) is 0 Å². The number of anilines is 1. The summed E-state index contributed by atoms with van der Waals surface area (Å²) in [7, 11) is 0. The molecule has 1 heterocycles. The molecule has 0 aliphatic carbocycles. The summed E-state index contributed by atoms with van der Waals surface area (Å²) < 4.78 is 10.5. The van der Waals surface area contributed by atoms with E-state index in [1.807, 2.05) is 5.38 Å². The Bertz CT molecular complexity index is 637. The molecule has 21 heavy (non-hydrogen) atoms. The Kier molecular flexibility index (Phi) is 4.89. The number of hydrogen-bond donors (Lipinski definition) is 1. The van der Waals surface area contributed by atoms with Crippen molar-refractivity contribution in [1.82, 2.24) is 4.98 Å². The summed E-state index contributed by atoms with van der Waals surface area (Å²) in [6.07, 6.45) is 0. The fraction of sp³-hybridized carbons (Fsp3) is 0.214. The summed E-state index contributed by atoms with van der Waals surface area (Å²) in [6.45, 7) is 3.07. The van der Waals surface area contributed by atoms with E-state index in [4.69, 9.17) is 9.47 Å². The van der Waals surface area contributed by atoms with E-state index >= 15 is 0 Å². The maximum absolute atomic E-state index is 10.9. The van der Waals surface area contributed by atoms with E-state index in [9.17, 15) is 9.59 Å². The van der Waals surface area contributed by atoms with E-state index in [0.29, 0.717) is 23.2 Å². The minimum absolute atomic E-state index is 0.155. The zero-order valence-corrected chi connectivity index (χ0v) is 12.4. The van der Waals surface area contributed by atoms with Crippen molar-refractivity contribution in [3.05, 3.63) is 35.3 Å². The van der Waals surface area contributed by atoms with Gasteiger partial charge in [-0.3, -0.25) is 9.59 Å². The third kappa shape index (κ3) is 4.88. The van der Waals surface area contributed by atoms with Gasteiger partial charge < -0.3 is 14.8 Å². The summed E-state index contributed by atoms with van der Waals surface area (Å²) in [5.74, 6) is 0.589. The molecule has 1 N–H and O–H groups in total. The topological polar surface area (TPSA) is 77.5 Å². The monoisotopic (exact) mass is 306 g/mol. The number of rotatable bonds is 5. The number of ether oxygens (including phenoxy) is 2. The molecule has 2 rings (SSSR count). The second-order valence-electron chi connectivity index (χ2n) is 4.18. The van der Waals surface area contributed by atoms with Gasteiger partial charge in [-0.15, -0.1) is 11.3 Å². The third-order valence-electron chi connectivity index (χ3n) is 2.31. The fourth-order valence-corrected chi connectivity index (χ4v) is 2.25. The Morgan fingerprint density at radius 1 is 1.19 bits per heavy atom. The van der Waals surface area contributed by atoms with Crippen LogP contribution in [0.4, 0.5) is 5.13 Å². The number of amides is 1. The smallest absolute Gasteiger partial charge is 0.308 e. The van der Waals surface area contributed by atoms with Gasteiger partial charge in [0.25, 0.3) is 0 Å². The van der Waals surface area contributed by atoms with E-state index in [-0.39, 0.29) is 11.9 Å². The number of thiazole rings is 1. The average Bonchev–Trinajstić information content (AvgIpc) is 2.84. The minimum atomic E-state index is -0.364. The van der Waals surface area contributed by atoms with Gasteiger partial charge in [0.2, 0.25) is 5.91 Å². The Morgan fingerprint density at radius 2 is 1.86 bits per heavy atom. The van der Waals surface area contributed by atoms with Crippen LogP contribution in [-0.4, -0.2) is 16.9 Å². The van der Waals surface area contributed by atoms with Crippen LogP contribution >= 0.6 is 11.3 Å². The first-order valence-electron chi connectivity index (χ1n) is 6.16. The maximum atomic E-state index is 10.9. The van der Waals surface area contributed by atoms with Gasteiger partial charge in [0.05, 0.1) is 5.69 Å². The van der Waals surface area contributed by atoms with Gasteiger partial charge >= 0.3 is 5.97 Å². The van der Waals surface area contributed by atoms with E-state index in [1.54, 1.807) is 24.3 Å². The number of esters is 1. The molecule has 0 aliphatic rings. The van der Waals surface area contributed by atoms with E-state index in [0.717, 1.165) is 5.69 Å². The van der Waals surface area contributed by atoms with Crippen LogP contribution in [0, 0.1) is 0 Å². The van der Waals surface area contributed by atoms with Crippen molar-refractivity contribution in [1.29, 1.82) is 0 Å². The standard InChI is InChI=1S/C14H14N2O4S/c1-9(17)15-14-16-11(8-21-14)7-19-12-3-5-13(6-4-12)20-10(2)18/h3-6,8H,7H2,1-2H3,(H,15,16,17). The highest BCUT2D eigenvalue weighted by Crippen LogP contribution is 2.20. The maximum Gasteiger partial charge on any atom is 0.308 e. The highest BCUT2D eigenvalue weighted by Gasteiger charge is 2.05. The normalized spacial score (nSPS) is 10.0. The lowest BCUT2D eigenvalue weighted by atomic mass is 10.3. The highest BCUT2D eigenvalue weighted by atomic mass is 32.1. The highest BCUT2D eigenvalue weighted by molar-refractivity contribution is 7.13. The molecule has 0 aliphatic heterocycles. The Labute approximate surface area is 125 Å². The van der Waals surface area contributed by atoms with Crippen LogP contribution in [0.3, 0.4) is 0 Å². The number of benzene rings is 1. The molecule has 2 aromatic rings. The molecule has 110 valence electrons. The first-order chi connectivity index (χ1) is 10.0. The van der Waals surface area contributed by atoms with Gasteiger partial charge in [0.1, 0.15) is 18.1 Å². The second-order valence-corrected chi connectivity index (χ2v) is 5.04. The molecule has 0 saturated heterocycles. The molecular weight excluding hydrogens is 292 g/mol. The molecule has 0 spiro atoms. The largest absolute Gasteiger partial charge is 0.487 e. The number of nitrogens with zero attached hydrogens (tertiary/aromatic N) is 1. The van der Waals surface area contributed by atoms with Gasteiger partial charge in [-0.2, -0.15) is 0 Å². The SMILES string of the molecule is CC(=O)Nc1nc(COc2ccc(OC(C)=O)cc2)cs1. The van der Waals surface area contributed by atoms with Gasteiger partial charge in [-0.25, -0.2) is 4.98 Å². The molecule has 7 heteroatoms. The molecule has 6 nitrogen and oxygen atoms in total. The van der Waals surface area contributed by atoms with Crippen LogP contribution in [-0.2, 0) is 16.2 Å². The summed E-state index contributed by atoms with van der Waals surface area (Å²) >= 11 is 1.34. The van der Waals surface area contributed by atoms with E-state index in [1.165, 1.54) is 25.2 Å². The van der Waals surface area contributed by atoms with Crippen molar-refractivity contribution in [3.63, 3.8) is 0 Å². The van der Waals surface area contributed by atoms with Crippen LogP contribution < -0.4 is 14.8 Å². The van der Waals surface area contributed by atoms with Crippen molar-refractivity contribution in [2.75, 3.05) is 5.32 Å². The lowest BCUT2D eigenvalue weighted by Crippen LogP contribution is -2.05. The average molecular weight is 306 g/mol. The number of aromatic nitrogens is 1. The molecule has 1 aromatic carbocycles. The summed E-state index contributed by atoms with van der Waals surface area (Å²) in [4.78, 5) is 25.9. The summed E-state index contributed by atoms with van der Waals surface area (Å²) in [5.41, 5.74) is 0.729. The number of hydrogen-bond acceptors (Lipinski definition) is 6. The molecule has 0 saturated carbocycles. The number of nitrogens with one attached hydrogen (secondary N) is 1. The molecule has 0 unspecified atom stereocenters. The number of carbonyl (C=O) groups is 2. The fourth-order valence-electron chi connectivity index (χ4n) is 1.51. The lowest BCUT2D eigenvalue weighted by Gasteiger charge is -2.05. The second kappa shape index (κ2) is 6.85. The quantitative estimate of drug-likeness (QED) is 0.678. The Balaban J connectivity index is 1.89. The van der Waals surface area contributed by atoms with Gasteiger partial charge in [0.15, 0.2) is 5.13 Å². The zero-order valence-electron chi connectivity index (χ0n) is 11.6. The van der Waals surface area contributed by atoms with Crippen LogP contribution in [0.1, 0.15) is 19.5 Å². The van der Waals surface area contributed by atoms with Crippen molar-refractivity contribution in [2.24, 2.45) is 0 Å². The van der Waals surface area contributed by atoms with Crippen molar-refractivity contribution in [3.8, 4) is 11.5 Å². The first-order valence-corrected chi connectivity index (χ1v) is 7.04. The minimum Gasteiger partial charge on any atom is -0.487 e. The molecule has 0 bridgehead atoms. The summed E-state index contributed by atoms with van der Waals surface area (Å²) in [6, 6.07) is 6.72. The molecule has 1 aromatic heterocycles. The molecule has 0 atom stereocenters. The van der Waals surface area contributed by atoms with Crippen molar-refractivity contribution >= 4 is 28.3 Å². The Hall–Kier alpha value is -2.41. The molecular formula is C14H14N2O4S. The van der Waals surface area contributed by atoms with E-state index < -0.39 is 0 Å². The Morgan fingerprint density at radius 3 is 2.48 bits per heavy atom. The van der Waals surface area contributed by atoms with Crippen LogP contribution in [0.15, 0.2) is 29.6 Å². The van der Waals surface area contributed by atoms with Gasteiger partial charge in [-0.05, 0) is 24.3 Å². The predicted molar refractivity (Wildman–Crippen MR) is 78.5 cm³/mol. The summed E-state index contributed by atoms with van der Waals surface area (Å²) in [5, 5.41) is 4.98. The molecule has 1 amide bonds. The lowest BCUT2D eigenvalue weighted by molar-refractivity contribution is -0.131. The van der Waals surface area contributed by atoms with E-state index in [2.05, 4.69) is 10.3 Å². The first kappa shape index (κ1) is 15.0. The zero-order chi connectivity index (χ0) is 15.2. The predicted octanol–water partition coefficient (Wildman–Crippen LogP) is 2.61. The van der Waals surface area contributed by atoms with Gasteiger partial charge in [0, 0.05) is 19.2 Å². The van der Waals surface area contributed by atoms with Crippen LogP contribution in [0.5, 0.6) is 11.5 Å². The molecule has 0 radical (unpaired) electrons. The van der Waals surface area contributed by atoms with Crippen LogP contribution in [0.2, 0.25) is 0 Å². The van der Waals surface area contributed by atoms with Gasteiger partial charge in [-0.1, -0.05) is 0 Å². The number of carbonyl (C=O) groups excluding carboxylic acids is 2. The van der Waals surface area contributed by atoms with Crippen molar-refractivity contribution in [2.45, 2.75) is 20.5 Å².